The lowest BCUT2D eigenvalue weighted by molar-refractivity contribution is 0.198. The fourth-order valence-electron chi connectivity index (χ4n) is 2.80. The Hall–Kier alpha value is -3.59. The summed E-state index contributed by atoms with van der Waals surface area (Å²) in [6.45, 7) is -0.396. The Morgan fingerprint density at radius 2 is 1.86 bits per heavy atom. The second-order valence-electron chi connectivity index (χ2n) is 6.17. The summed E-state index contributed by atoms with van der Waals surface area (Å²) >= 11 is 0. The van der Waals surface area contributed by atoms with Crippen molar-refractivity contribution in [3.63, 3.8) is 0 Å². The van der Waals surface area contributed by atoms with Crippen LogP contribution >= 0.6 is 0 Å². The lowest BCUT2D eigenvalue weighted by Crippen LogP contribution is -2.32. The van der Waals surface area contributed by atoms with Crippen molar-refractivity contribution in [3.8, 4) is 11.3 Å². The second-order valence-corrected chi connectivity index (χ2v) is 6.17. The van der Waals surface area contributed by atoms with Crippen LogP contribution in [0.4, 0.5) is 19.3 Å². The molecule has 0 saturated carbocycles. The maximum absolute atomic E-state index is 13.5. The average Bonchev–Trinajstić information content (AvgIpc) is 2.70. The van der Waals surface area contributed by atoms with Crippen LogP contribution in [-0.2, 0) is 6.54 Å². The van der Waals surface area contributed by atoms with E-state index >= 15 is 0 Å². The number of rotatable bonds is 6. The smallest absolute Gasteiger partial charge is 0.411 e. The minimum Gasteiger partial charge on any atom is -0.465 e. The van der Waals surface area contributed by atoms with Gasteiger partial charge in [0.2, 0.25) is 0 Å². The Labute approximate surface area is 164 Å². The molecule has 0 fully saturated rings. The summed E-state index contributed by atoms with van der Waals surface area (Å²) in [7, 11) is 0. The highest BCUT2D eigenvalue weighted by Gasteiger charge is 2.14. The normalized spacial score (nSPS) is 10.7. The number of hydrogen-bond acceptors (Lipinski definition) is 4. The molecule has 0 bridgehead atoms. The number of hydrogen-bond donors (Lipinski definition) is 2. The molecule has 2 aromatic carbocycles. The number of amides is 1. The SMILES string of the molecule is O=C(O)N(CCO)c1cccc(Cn2nc(-c3ccc(F)c(F)c3)ccc2=O)c1. The Bertz CT molecular complexity index is 1100. The van der Waals surface area contributed by atoms with Crippen molar-refractivity contribution in [1.82, 2.24) is 9.78 Å². The zero-order valence-corrected chi connectivity index (χ0v) is 15.1. The third kappa shape index (κ3) is 4.64. The van der Waals surface area contributed by atoms with Crippen LogP contribution in [0.15, 0.2) is 59.4 Å². The van der Waals surface area contributed by atoms with Crippen molar-refractivity contribution in [2.24, 2.45) is 0 Å². The second kappa shape index (κ2) is 8.61. The van der Waals surface area contributed by atoms with Crippen LogP contribution in [0, 0.1) is 11.6 Å². The minimum atomic E-state index is -1.22. The van der Waals surface area contributed by atoms with E-state index < -0.39 is 23.3 Å². The zero-order valence-electron chi connectivity index (χ0n) is 15.1. The number of aromatic nitrogens is 2. The topological polar surface area (TPSA) is 95.7 Å². The van der Waals surface area contributed by atoms with E-state index in [1.54, 1.807) is 24.3 Å². The predicted molar refractivity (Wildman–Crippen MR) is 102 cm³/mol. The van der Waals surface area contributed by atoms with Gasteiger partial charge in [-0.2, -0.15) is 5.10 Å². The molecule has 3 aromatic rings. The molecule has 0 aliphatic carbocycles. The molecule has 0 saturated heterocycles. The van der Waals surface area contributed by atoms with Gasteiger partial charge in [0.15, 0.2) is 11.6 Å². The molecule has 29 heavy (non-hydrogen) atoms. The number of benzene rings is 2. The summed E-state index contributed by atoms with van der Waals surface area (Å²) in [6, 6.07) is 12.5. The van der Waals surface area contributed by atoms with Gasteiger partial charge < -0.3 is 10.2 Å². The Kier molecular flexibility index (Phi) is 5.99. The van der Waals surface area contributed by atoms with Crippen molar-refractivity contribution < 1.29 is 23.8 Å². The minimum absolute atomic E-state index is 0.0385. The molecule has 0 unspecified atom stereocenters. The van der Waals surface area contributed by atoms with Gasteiger partial charge in [-0.1, -0.05) is 12.1 Å². The Morgan fingerprint density at radius 1 is 1.07 bits per heavy atom. The molecule has 3 rings (SSSR count). The van der Waals surface area contributed by atoms with Gasteiger partial charge in [-0.15, -0.1) is 0 Å². The first-order chi connectivity index (χ1) is 13.9. The van der Waals surface area contributed by atoms with Gasteiger partial charge in [0, 0.05) is 17.3 Å². The molecular weight excluding hydrogens is 384 g/mol. The van der Waals surface area contributed by atoms with Crippen LogP contribution in [0.25, 0.3) is 11.3 Å². The van der Waals surface area contributed by atoms with E-state index in [4.69, 9.17) is 5.11 Å². The van der Waals surface area contributed by atoms with Gasteiger partial charge in [-0.3, -0.25) is 9.69 Å². The van der Waals surface area contributed by atoms with Gasteiger partial charge in [0.1, 0.15) is 0 Å². The molecular formula is C20H17F2N3O4. The van der Waals surface area contributed by atoms with E-state index in [2.05, 4.69) is 5.10 Å². The van der Waals surface area contributed by atoms with Crippen LogP contribution in [0.5, 0.6) is 0 Å². The van der Waals surface area contributed by atoms with Gasteiger partial charge in [0.05, 0.1) is 25.4 Å². The van der Waals surface area contributed by atoms with E-state index in [9.17, 15) is 23.5 Å². The molecule has 1 heterocycles. The van der Waals surface area contributed by atoms with Crippen molar-refractivity contribution >= 4 is 11.8 Å². The number of anilines is 1. The van der Waals surface area contributed by atoms with E-state index in [0.29, 0.717) is 16.8 Å². The number of carbonyl (C=O) groups is 1. The molecule has 0 aliphatic rings. The Balaban J connectivity index is 1.92. The first-order valence-electron chi connectivity index (χ1n) is 8.63. The molecule has 0 spiro atoms. The number of aliphatic hydroxyl groups is 1. The molecule has 1 amide bonds. The third-order valence-electron chi connectivity index (χ3n) is 4.19. The zero-order chi connectivity index (χ0) is 21.0. The molecule has 2 N–H and O–H groups in total. The molecule has 7 nitrogen and oxygen atoms in total. The van der Waals surface area contributed by atoms with E-state index in [0.717, 1.165) is 21.7 Å². The molecule has 0 radical (unpaired) electrons. The van der Waals surface area contributed by atoms with Crippen molar-refractivity contribution in [1.29, 1.82) is 0 Å². The largest absolute Gasteiger partial charge is 0.465 e. The van der Waals surface area contributed by atoms with Gasteiger partial charge >= 0.3 is 6.09 Å². The highest BCUT2D eigenvalue weighted by Crippen LogP contribution is 2.20. The predicted octanol–water partition coefficient (Wildman–Crippen LogP) is 2.71. The lowest BCUT2D eigenvalue weighted by atomic mass is 10.1. The highest BCUT2D eigenvalue weighted by molar-refractivity contribution is 5.86. The first kappa shape index (κ1) is 20.2. The number of aliphatic hydroxyl groups excluding tert-OH is 1. The van der Waals surface area contributed by atoms with Crippen LogP contribution in [-0.4, -0.2) is 39.2 Å². The molecule has 0 aliphatic heterocycles. The van der Waals surface area contributed by atoms with Gasteiger partial charge in [0.25, 0.3) is 5.56 Å². The van der Waals surface area contributed by atoms with Crippen molar-refractivity contribution in [2.45, 2.75) is 6.54 Å². The molecule has 9 heteroatoms. The summed E-state index contributed by atoms with van der Waals surface area (Å²) in [6.07, 6.45) is -1.22. The van der Waals surface area contributed by atoms with Crippen LogP contribution in [0.3, 0.4) is 0 Å². The van der Waals surface area contributed by atoms with Crippen LogP contribution in [0.2, 0.25) is 0 Å². The lowest BCUT2D eigenvalue weighted by Gasteiger charge is -2.19. The molecule has 150 valence electrons. The number of halogens is 2. The summed E-state index contributed by atoms with van der Waals surface area (Å²) in [5.74, 6) is -2.00. The summed E-state index contributed by atoms with van der Waals surface area (Å²) in [5, 5.41) is 22.5. The van der Waals surface area contributed by atoms with Crippen LogP contribution < -0.4 is 10.5 Å². The number of nitrogens with zero attached hydrogens (tertiary/aromatic N) is 3. The Morgan fingerprint density at radius 3 is 2.55 bits per heavy atom. The first-order valence-corrected chi connectivity index (χ1v) is 8.63. The average molecular weight is 401 g/mol. The van der Waals surface area contributed by atoms with Gasteiger partial charge in [-0.25, -0.2) is 18.3 Å². The van der Waals surface area contributed by atoms with Gasteiger partial charge in [-0.05, 0) is 42.0 Å². The number of carboxylic acid groups (broad SMARTS) is 1. The summed E-state index contributed by atoms with van der Waals surface area (Å²) in [5.41, 5.74) is 1.13. The maximum atomic E-state index is 13.5. The highest BCUT2D eigenvalue weighted by atomic mass is 19.2. The fourth-order valence-corrected chi connectivity index (χ4v) is 2.80. The summed E-state index contributed by atoms with van der Waals surface area (Å²) < 4.78 is 27.8. The standard InChI is InChI=1S/C20H17F2N3O4/c21-16-5-4-14(11-17(16)22)18-6-7-19(27)25(23-18)12-13-2-1-3-15(10-13)24(8-9-26)20(28)29/h1-7,10-11,26H,8-9,12H2,(H,28,29). The fraction of sp³-hybridized carbons (Fsp3) is 0.150. The summed E-state index contributed by atoms with van der Waals surface area (Å²) in [4.78, 5) is 24.5. The third-order valence-corrected chi connectivity index (χ3v) is 4.19. The maximum Gasteiger partial charge on any atom is 0.411 e. The molecule has 0 atom stereocenters. The van der Waals surface area contributed by atoms with E-state index in [1.165, 1.54) is 18.2 Å². The van der Waals surface area contributed by atoms with Crippen molar-refractivity contribution in [2.75, 3.05) is 18.1 Å². The quantitative estimate of drug-likeness (QED) is 0.662. The van der Waals surface area contributed by atoms with E-state index in [1.807, 2.05) is 0 Å². The monoisotopic (exact) mass is 401 g/mol. The van der Waals surface area contributed by atoms with Crippen molar-refractivity contribution in [3.05, 3.63) is 82.1 Å². The van der Waals surface area contributed by atoms with Crippen LogP contribution in [0.1, 0.15) is 5.56 Å². The van der Waals surface area contributed by atoms with E-state index in [-0.39, 0.29) is 25.4 Å². The molecule has 1 aromatic heterocycles.